The molecule has 4 atom stereocenters. The molecule has 0 radical (unpaired) electrons. The van der Waals surface area contributed by atoms with Gasteiger partial charge in [0.2, 0.25) is 5.91 Å². The molecule has 1 amide bonds. The Morgan fingerprint density at radius 2 is 1.97 bits per heavy atom. The van der Waals surface area contributed by atoms with Crippen molar-refractivity contribution in [2.75, 3.05) is 33.3 Å². The highest BCUT2D eigenvalue weighted by Gasteiger charge is 2.55. The third kappa shape index (κ3) is 2.64. The van der Waals surface area contributed by atoms with Gasteiger partial charge in [-0.05, 0) is 86.7 Å². The van der Waals surface area contributed by atoms with Crippen LogP contribution < -0.4 is 4.74 Å². The van der Waals surface area contributed by atoms with Crippen molar-refractivity contribution in [1.29, 1.82) is 0 Å². The van der Waals surface area contributed by atoms with Crippen LogP contribution in [0.3, 0.4) is 0 Å². The zero-order valence-electron chi connectivity index (χ0n) is 17.7. The van der Waals surface area contributed by atoms with E-state index < -0.39 is 0 Å². The Hall–Kier alpha value is -1.55. The van der Waals surface area contributed by atoms with Gasteiger partial charge in [-0.3, -0.25) is 4.79 Å². The summed E-state index contributed by atoms with van der Waals surface area (Å²) >= 11 is 0. The first kappa shape index (κ1) is 18.2. The predicted octanol–water partition coefficient (Wildman–Crippen LogP) is 3.62. The molecule has 1 saturated carbocycles. The maximum Gasteiger partial charge on any atom is 0.227 e. The molecule has 4 heterocycles. The fourth-order valence-corrected chi connectivity index (χ4v) is 7.84. The van der Waals surface area contributed by atoms with Crippen molar-refractivity contribution in [2.45, 2.75) is 62.8 Å². The smallest absolute Gasteiger partial charge is 0.227 e. The number of carbonyl (C=O) groups is 1. The van der Waals surface area contributed by atoms with Crippen LogP contribution in [0.4, 0.5) is 0 Å². The molecule has 5 fully saturated rings. The Kier molecular flexibility index (Phi) is 4.23. The number of carbonyl (C=O) groups excluding carboxylic acids is 1. The largest absolute Gasteiger partial charge is 0.497 e. The molecule has 3 unspecified atom stereocenters. The zero-order valence-corrected chi connectivity index (χ0v) is 17.7. The number of amides is 1. The third-order valence-corrected chi connectivity index (χ3v) is 9.30. The highest BCUT2D eigenvalue weighted by molar-refractivity contribution is 5.80. The van der Waals surface area contributed by atoms with Crippen LogP contribution in [0.2, 0.25) is 0 Å². The van der Waals surface area contributed by atoms with Crippen LogP contribution in [0.15, 0.2) is 18.2 Å². The minimum atomic E-state index is 0.255. The molecule has 0 N–H and O–H groups in total. The van der Waals surface area contributed by atoms with Gasteiger partial charge in [-0.25, -0.2) is 0 Å². The molecule has 4 aliphatic heterocycles. The maximum atomic E-state index is 13.8. The Morgan fingerprint density at radius 3 is 2.72 bits per heavy atom. The van der Waals surface area contributed by atoms with Gasteiger partial charge in [0, 0.05) is 24.5 Å². The van der Waals surface area contributed by atoms with Crippen molar-refractivity contribution < 1.29 is 9.53 Å². The number of hydrogen-bond donors (Lipinski definition) is 0. The first-order valence-electron chi connectivity index (χ1n) is 11.9. The van der Waals surface area contributed by atoms with Gasteiger partial charge in [0.25, 0.3) is 0 Å². The normalized spacial score (nSPS) is 40.2. The second-order valence-corrected chi connectivity index (χ2v) is 10.3. The highest BCUT2D eigenvalue weighted by atomic mass is 16.5. The lowest BCUT2D eigenvalue weighted by atomic mass is 9.52. The molecule has 156 valence electrons. The van der Waals surface area contributed by atoms with Crippen LogP contribution in [0.5, 0.6) is 5.75 Å². The minimum Gasteiger partial charge on any atom is -0.497 e. The predicted molar refractivity (Wildman–Crippen MR) is 113 cm³/mol. The Morgan fingerprint density at radius 1 is 1.10 bits per heavy atom. The van der Waals surface area contributed by atoms with E-state index >= 15 is 0 Å². The monoisotopic (exact) mass is 394 g/mol. The van der Waals surface area contributed by atoms with Gasteiger partial charge in [0.05, 0.1) is 13.0 Å². The van der Waals surface area contributed by atoms with Crippen LogP contribution in [0, 0.1) is 17.8 Å². The van der Waals surface area contributed by atoms with Crippen LogP contribution in [0.1, 0.15) is 56.1 Å². The van der Waals surface area contributed by atoms with Crippen molar-refractivity contribution in [3.8, 4) is 5.75 Å². The molecule has 4 saturated heterocycles. The maximum absolute atomic E-state index is 13.8. The number of hydrogen-bond acceptors (Lipinski definition) is 3. The lowest BCUT2D eigenvalue weighted by Gasteiger charge is -2.60. The lowest BCUT2D eigenvalue weighted by molar-refractivity contribution is -0.151. The van der Waals surface area contributed by atoms with E-state index in [1.807, 2.05) is 0 Å². The fraction of sp³-hybridized carbons (Fsp3) is 0.720. The Labute approximate surface area is 174 Å². The molecule has 4 heteroatoms. The molecule has 6 aliphatic rings. The molecular weight excluding hydrogens is 360 g/mol. The molecule has 0 aromatic heterocycles. The second kappa shape index (κ2) is 6.73. The summed E-state index contributed by atoms with van der Waals surface area (Å²) in [6.45, 7) is 4.38. The molecule has 1 aromatic rings. The van der Waals surface area contributed by atoms with Gasteiger partial charge in [0.15, 0.2) is 0 Å². The van der Waals surface area contributed by atoms with E-state index in [9.17, 15) is 4.79 Å². The van der Waals surface area contributed by atoms with Gasteiger partial charge in [-0.2, -0.15) is 0 Å². The standard InChI is InChI=1S/C25H34N2O2/c1-29-19-6-5-18-14-23-21-4-2-3-9-25(21,22(18)15-19)10-13-27(23)24(28)20-16-26-11-7-17(20)8-12-26/h5-6,15,17,20-21,23H,2-4,7-14,16H2,1H3/t20?,21?,23?,25-/m0/s1. The number of piperidine rings is 4. The van der Waals surface area contributed by atoms with E-state index in [4.69, 9.17) is 4.74 Å². The number of fused-ring (bicyclic) bond motifs is 4. The van der Waals surface area contributed by atoms with E-state index in [0.717, 1.165) is 31.7 Å². The zero-order chi connectivity index (χ0) is 19.6. The van der Waals surface area contributed by atoms with Crippen LogP contribution >= 0.6 is 0 Å². The molecule has 2 aliphatic carbocycles. The SMILES string of the molecule is COc1ccc2c(c1)[C@]13CCCCC1C(C2)N(C(=O)C1CN2CCC1CC2)CC3. The summed E-state index contributed by atoms with van der Waals surface area (Å²) in [5, 5.41) is 0. The van der Waals surface area contributed by atoms with E-state index in [0.29, 0.717) is 23.8 Å². The molecule has 0 spiro atoms. The van der Waals surface area contributed by atoms with Crippen molar-refractivity contribution in [1.82, 2.24) is 9.80 Å². The topological polar surface area (TPSA) is 32.8 Å². The Bertz CT molecular complexity index is 815. The first-order valence-corrected chi connectivity index (χ1v) is 11.9. The quantitative estimate of drug-likeness (QED) is 0.768. The minimum absolute atomic E-state index is 0.255. The van der Waals surface area contributed by atoms with Gasteiger partial charge in [0.1, 0.15) is 5.75 Å². The fourth-order valence-electron chi connectivity index (χ4n) is 7.84. The Balaban J connectivity index is 1.35. The summed E-state index contributed by atoms with van der Waals surface area (Å²) in [7, 11) is 1.78. The van der Waals surface area contributed by atoms with E-state index in [2.05, 4.69) is 28.0 Å². The summed E-state index contributed by atoms with van der Waals surface area (Å²) in [5.41, 5.74) is 3.30. The van der Waals surface area contributed by atoms with Crippen molar-refractivity contribution in [3.05, 3.63) is 29.3 Å². The highest BCUT2D eigenvalue weighted by Crippen LogP contribution is 2.56. The number of nitrogens with zero attached hydrogens (tertiary/aromatic N) is 2. The van der Waals surface area contributed by atoms with Gasteiger partial charge in [-0.15, -0.1) is 0 Å². The molecule has 4 bridgehead atoms. The van der Waals surface area contributed by atoms with E-state index in [1.54, 1.807) is 12.7 Å². The van der Waals surface area contributed by atoms with Crippen molar-refractivity contribution in [2.24, 2.45) is 17.8 Å². The first-order chi connectivity index (χ1) is 14.2. The summed E-state index contributed by atoms with van der Waals surface area (Å²) < 4.78 is 5.59. The average molecular weight is 395 g/mol. The summed E-state index contributed by atoms with van der Waals surface area (Å²) in [4.78, 5) is 18.7. The number of methoxy groups -OCH3 is 1. The molecular formula is C25H34N2O2. The lowest BCUT2D eigenvalue weighted by Crippen LogP contribution is -2.64. The van der Waals surface area contributed by atoms with E-state index in [-0.39, 0.29) is 11.3 Å². The number of ether oxygens (including phenoxy) is 1. The van der Waals surface area contributed by atoms with Gasteiger partial charge < -0.3 is 14.5 Å². The van der Waals surface area contributed by atoms with Crippen molar-refractivity contribution >= 4 is 5.91 Å². The number of benzene rings is 1. The molecule has 7 rings (SSSR count). The van der Waals surface area contributed by atoms with Crippen molar-refractivity contribution in [3.63, 3.8) is 0 Å². The summed E-state index contributed by atoms with van der Waals surface area (Å²) in [6.07, 6.45) is 9.86. The van der Waals surface area contributed by atoms with Crippen LogP contribution in [0.25, 0.3) is 0 Å². The molecule has 29 heavy (non-hydrogen) atoms. The summed E-state index contributed by atoms with van der Waals surface area (Å²) in [5.74, 6) is 3.00. The number of likely N-dealkylation sites (tertiary alicyclic amines) is 1. The second-order valence-electron chi connectivity index (χ2n) is 10.3. The third-order valence-electron chi connectivity index (χ3n) is 9.30. The summed E-state index contributed by atoms with van der Waals surface area (Å²) in [6, 6.07) is 7.14. The van der Waals surface area contributed by atoms with Gasteiger partial charge >= 0.3 is 0 Å². The molecule has 1 aromatic carbocycles. The van der Waals surface area contributed by atoms with Crippen LogP contribution in [-0.4, -0.2) is 55.0 Å². The number of rotatable bonds is 2. The molecule has 4 nitrogen and oxygen atoms in total. The van der Waals surface area contributed by atoms with Crippen LogP contribution in [-0.2, 0) is 16.6 Å². The average Bonchev–Trinajstić information content (AvgIpc) is 2.79. The van der Waals surface area contributed by atoms with Gasteiger partial charge in [-0.1, -0.05) is 18.9 Å². The van der Waals surface area contributed by atoms with E-state index in [1.165, 1.54) is 57.2 Å².